The van der Waals surface area contributed by atoms with Crippen molar-refractivity contribution in [2.45, 2.75) is 51.4 Å². The SMILES string of the molecule is O=C1c2ccccc2C(=O)N1/C1=C(\Br)CCCCCCCC1. The molecule has 3 nitrogen and oxygen atoms in total. The molecule has 0 aromatic heterocycles. The van der Waals surface area contributed by atoms with E-state index in [1.54, 1.807) is 12.1 Å². The summed E-state index contributed by atoms with van der Waals surface area (Å²) in [7, 11) is 0. The van der Waals surface area contributed by atoms with Gasteiger partial charge in [0.05, 0.1) is 11.1 Å². The molecule has 0 unspecified atom stereocenters. The average Bonchev–Trinajstić information content (AvgIpc) is 2.78. The Labute approximate surface area is 139 Å². The second-order valence-corrected chi connectivity index (χ2v) is 6.92. The summed E-state index contributed by atoms with van der Waals surface area (Å²) in [6.45, 7) is 0. The summed E-state index contributed by atoms with van der Waals surface area (Å²) < 4.78 is 1.02. The molecule has 116 valence electrons. The predicted octanol–water partition coefficient (Wildman–Crippen LogP) is 5.02. The molecule has 0 bridgehead atoms. The van der Waals surface area contributed by atoms with E-state index in [0.717, 1.165) is 42.3 Å². The molecule has 0 saturated heterocycles. The molecule has 0 radical (unpaired) electrons. The van der Waals surface area contributed by atoms with Gasteiger partial charge in [-0.25, -0.2) is 4.90 Å². The van der Waals surface area contributed by atoms with Crippen molar-refractivity contribution in [3.63, 3.8) is 0 Å². The third-order valence-electron chi connectivity index (χ3n) is 4.44. The van der Waals surface area contributed by atoms with Crippen LogP contribution in [0.25, 0.3) is 0 Å². The Balaban J connectivity index is 1.94. The minimum absolute atomic E-state index is 0.176. The summed E-state index contributed by atoms with van der Waals surface area (Å²) in [5.74, 6) is -0.353. The summed E-state index contributed by atoms with van der Waals surface area (Å²) in [6.07, 6.45) is 8.72. The van der Waals surface area contributed by atoms with Gasteiger partial charge in [-0.2, -0.15) is 0 Å². The lowest BCUT2D eigenvalue weighted by Crippen LogP contribution is -2.30. The summed E-state index contributed by atoms with van der Waals surface area (Å²) in [5.41, 5.74) is 1.92. The van der Waals surface area contributed by atoms with Crippen LogP contribution in [0, 0.1) is 0 Å². The van der Waals surface area contributed by atoms with Gasteiger partial charge in [0.15, 0.2) is 0 Å². The van der Waals surface area contributed by atoms with Crippen molar-refractivity contribution in [1.29, 1.82) is 0 Å². The van der Waals surface area contributed by atoms with Crippen LogP contribution in [-0.4, -0.2) is 16.7 Å². The van der Waals surface area contributed by atoms with Crippen LogP contribution in [-0.2, 0) is 0 Å². The Bertz CT molecular complexity index is 601. The fourth-order valence-corrected chi connectivity index (χ4v) is 3.88. The molecule has 1 aliphatic carbocycles. The number of benzene rings is 1. The molecule has 0 atom stereocenters. The topological polar surface area (TPSA) is 37.4 Å². The molecular weight excluding hydrogens is 342 g/mol. The number of fused-ring (bicyclic) bond motifs is 1. The number of carbonyl (C=O) groups excluding carboxylic acids is 2. The van der Waals surface area contributed by atoms with Crippen molar-refractivity contribution in [1.82, 2.24) is 4.90 Å². The molecule has 22 heavy (non-hydrogen) atoms. The molecule has 1 aliphatic heterocycles. The Morgan fingerprint density at radius 2 is 1.27 bits per heavy atom. The largest absolute Gasteiger partial charge is 0.268 e. The number of allylic oxidation sites excluding steroid dienone is 2. The fourth-order valence-electron chi connectivity index (χ4n) is 3.23. The first-order valence-electron chi connectivity index (χ1n) is 8.05. The lowest BCUT2D eigenvalue weighted by Gasteiger charge is -2.21. The highest BCUT2D eigenvalue weighted by atomic mass is 79.9. The Morgan fingerprint density at radius 3 is 1.86 bits per heavy atom. The monoisotopic (exact) mass is 361 g/mol. The van der Waals surface area contributed by atoms with Crippen LogP contribution in [0.15, 0.2) is 34.4 Å². The zero-order valence-corrected chi connectivity index (χ0v) is 14.2. The van der Waals surface area contributed by atoms with E-state index in [2.05, 4.69) is 15.9 Å². The maximum Gasteiger partial charge on any atom is 0.265 e. The second kappa shape index (κ2) is 6.78. The third-order valence-corrected chi connectivity index (χ3v) is 5.29. The summed E-state index contributed by atoms with van der Waals surface area (Å²) in [4.78, 5) is 26.7. The highest BCUT2D eigenvalue weighted by Crippen LogP contribution is 2.34. The van der Waals surface area contributed by atoms with Gasteiger partial charge in [0.25, 0.3) is 11.8 Å². The molecule has 3 rings (SSSR count). The van der Waals surface area contributed by atoms with Crippen molar-refractivity contribution in [2.24, 2.45) is 0 Å². The molecule has 0 saturated carbocycles. The lowest BCUT2D eigenvalue weighted by molar-refractivity contribution is 0.0697. The predicted molar refractivity (Wildman–Crippen MR) is 89.8 cm³/mol. The molecule has 1 heterocycles. The molecule has 4 heteroatoms. The number of imide groups is 1. The molecule has 0 spiro atoms. The lowest BCUT2D eigenvalue weighted by atomic mass is 10.0. The summed E-state index contributed by atoms with van der Waals surface area (Å²) >= 11 is 3.64. The van der Waals surface area contributed by atoms with Gasteiger partial charge in [0, 0.05) is 10.2 Å². The van der Waals surface area contributed by atoms with Crippen molar-refractivity contribution in [3.8, 4) is 0 Å². The first-order chi connectivity index (χ1) is 10.7. The molecule has 1 aromatic rings. The normalized spacial score (nSPS) is 23.6. The van der Waals surface area contributed by atoms with Crippen LogP contribution in [0.3, 0.4) is 0 Å². The summed E-state index contributed by atoms with van der Waals surface area (Å²) in [5, 5.41) is 0. The summed E-state index contributed by atoms with van der Waals surface area (Å²) in [6, 6.07) is 7.10. The van der Waals surface area contributed by atoms with E-state index in [4.69, 9.17) is 0 Å². The van der Waals surface area contributed by atoms with Gasteiger partial charge in [0.1, 0.15) is 0 Å². The quantitative estimate of drug-likeness (QED) is 0.658. The molecule has 2 aliphatic rings. The Kier molecular flexibility index (Phi) is 4.77. The van der Waals surface area contributed by atoms with Crippen molar-refractivity contribution in [3.05, 3.63) is 45.6 Å². The van der Waals surface area contributed by atoms with E-state index >= 15 is 0 Å². The third kappa shape index (κ3) is 2.89. The zero-order chi connectivity index (χ0) is 15.5. The van der Waals surface area contributed by atoms with Crippen LogP contribution in [0.2, 0.25) is 0 Å². The number of halogens is 1. The molecule has 2 amide bonds. The van der Waals surface area contributed by atoms with Gasteiger partial charge in [-0.05, 0) is 37.8 Å². The van der Waals surface area contributed by atoms with Gasteiger partial charge >= 0.3 is 0 Å². The second-order valence-electron chi connectivity index (χ2n) is 5.96. The molecular formula is C18H20BrNO2. The number of amides is 2. The molecule has 0 fully saturated rings. The highest BCUT2D eigenvalue weighted by molar-refractivity contribution is 9.11. The smallest absolute Gasteiger partial charge is 0.265 e. The van der Waals surface area contributed by atoms with Crippen LogP contribution >= 0.6 is 15.9 Å². The zero-order valence-electron chi connectivity index (χ0n) is 12.6. The minimum atomic E-state index is -0.176. The first kappa shape index (κ1) is 15.5. The average molecular weight is 362 g/mol. The number of hydrogen-bond acceptors (Lipinski definition) is 2. The first-order valence-corrected chi connectivity index (χ1v) is 8.85. The maximum atomic E-state index is 12.7. The van der Waals surface area contributed by atoms with Gasteiger partial charge in [0.2, 0.25) is 0 Å². The van der Waals surface area contributed by atoms with Crippen molar-refractivity contribution < 1.29 is 9.59 Å². The van der Waals surface area contributed by atoms with E-state index in [9.17, 15) is 9.59 Å². The van der Waals surface area contributed by atoms with Crippen LogP contribution in [0.5, 0.6) is 0 Å². The Hall–Kier alpha value is -1.42. The van der Waals surface area contributed by atoms with Crippen LogP contribution in [0.1, 0.15) is 72.1 Å². The fraction of sp³-hybridized carbons (Fsp3) is 0.444. The standard InChI is InChI=1S/C18H20BrNO2/c19-15-11-5-3-1-2-4-6-12-16(15)20-17(21)13-9-7-8-10-14(13)18(20)22/h7-10H,1-6,11-12H2/b16-15-. The van der Waals surface area contributed by atoms with E-state index in [0.29, 0.717) is 11.1 Å². The van der Waals surface area contributed by atoms with Crippen molar-refractivity contribution >= 4 is 27.7 Å². The number of hydrogen-bond donors (Lipinski definition) is 0. The Morgan fingerprint density at radius 1 is 0.773 bits per heavy atom. The maximum absolute atomic E-state index is 12.7. The van der Waals surface area contributed by atoms with Gasteiger partial charge in [-0.1, -0.05) is 53.7 Å². The van der Waals surface area contributed by atoms with Gasteiger partial charge in [-0.15, -0.1) is 0 Å². The van der Waals surface area contributed by atoms with E-state index in [1.807, 2.05) is 12.1 Å². The molecule has 1 aromatic carbocycles. The van der Waals surface area contributed by atoms with E-state index in [-0.39, 0.29) is 11.8 Å². The minimum Gasteiger partial charge on any atom is -0.268 e. The van der Waals surface area contributed by atoms with Gasteiger partial charge < -0.3 is 0 Å². The van der Waals surface area contributed by atoms with Crippen LogP contribution in [0.4, 0.5) is 0 Å². The van der Waals surface area contributed by atoms with E-state index < -0.39 is 0 Å². The number of carbonyl (C=O) groups is 2. The van der Waals surface area contributed by atoms with E-state index in [1.165, 1.54) is 24.2 Å². The number of nitrogens with zero attached hydrogens (tertiary/aromatic N) is 1. The van der Waals surface area contributed by atoms with Crippen LogP contribution < -0.4 is 0 Å². The molecule has 0 N–H and O–H groups in total. The van der Waals surface area contributed by atoms with Crippen molar-refractivity contribution in [2.75, 3.05) is 0 Å². The number of rotatable bonds is 1. The highest BCUT2D eigenvalue weighted by Gasteiger charge is 2.37. The van der Waals surface area contributed by atoms with Gasteiger partial charge in [-0.3, -0.25) is 9.59 Å².